The van der Waals surface area contributed by atoms with E-state index >= 15 is 4.39 Å². The minimum Gasteiger partial charge on any atom is -0.466 e. The highest BCUT2D eigenvalue weighted by Crippen LogP contribution is 2.43. The van der Waals surface area contributed by atoms with Gasteiger partial charge in [-0.1, -0.05) is 58.4 Å². The molecule has 6 nitrogen and oxygen atoms in total. The van der Waals surface area contributed by atoms with E-state index in [1.165, 1.54) is 6.07 Å². The van der Waals surface area contributed by atoms with Crippen LogP contribution in [0.25, 0.3) is 11.1 Å². The molecule has 172 valence electrons. The molecule has 1 unspecified atom stereocenters. The third-order valence-electron chi connectivity index (χ3n) is 5.23. The summed E-state index contributed by atoms with van der Waals surface area (Å²) in [6.07, 6.45) is -1.26. The first-order valence-corrected chi connectivity index (χ1v) is 11.4. The van der Waals surface area contributed by atoms with Crippen molar-refractivity contribution in [3.8, 4) is 11.1 Å². The highest BCUT2D eigenvalue weighted by molar-refractivity contribution is 9.09. The van der Waals surface area contributed by atoms with E-state index in [-0.39, 0.29) is 19.8 Å². The lowest BCUT2D eigenvalue weighted by molar-refractivity contribution is -0.313. The molecule has 1 aliphatic rings. The number of hydrogen-bond donors (Lipinski definition) is 0. The van der Waals surface area contributed by atoms with E-state index in [1.54, 1.807) is 32.9 Å². The SMILES string of the molecule is CCOC(=O)[C@@H]1COC(c2ccc(-c3ccccc3)c(F)c2)([C@H](C)Br)O[C@H]1C(=O)OCC. The molecule has 1 aliphatic heterocycles. The van der Waals surface area contributed by atoms with Crippen LogP contribution in [0.1, 0.15) is 26.3 Å². The second-order valence-electron chi connectivity index (χ2n) is 7.30. The fourth-order valence-electron chi connectivity index (χ4n) is 3.66. The number of carbonyl (C=O) groups is 2. The van der Waals surface area contributed by atoms with Crippen molar-refractivity contribution in [3.05, 3.63) is 59.9 Å². The molecule has 0 N–H and O–H groups in total. The lowest BCUT2D eigenvalue weighted by Crippen LogP contribution is -2.56. The van der Waals surface area contributed by atoms with Crippen LogP contribution in [0.5, 0.6) is 0 Å². The zero-order chi connectivity index (χ0) is 23.3. The molecule has 0 aromatic heterocycles. The maximum Gasteiger partial charge on any atom is 0.336 e. The van der Waals surface area contributed by atoms with Crippen molar-refractivity contribution in [1.29, 1.82) is 0 Å². The van der Waals surface area contributed by atoms with E-state index in [4.69, 9.17) is 18.9 Å². The van der Waals surface area contributed by atoms with Crippen molar-refractivity contribution in [3.63, 3.8) is 0 Å². The maximum absolute atomic E-state index is 15.1. The Morgan fingerprint density at radius 1 is 1.12 bits per heavy atom. The van der Waals surface area contributed by atoms with Gasteiger partial charge in [-0.2, -0.15) is 0 Å². The fraction of sp³-hybridized carbons (Fsp3) is 0.417. The van der Waals surface area contributed by atoms with Gasteiger partial charge in [0.2, 0.25) is 5.79 Å². The second-order valence-corrected chi connectivity index (χ2v) is 8.68. The van der Waals surface area contributed by atoms with Crippen molar-refractivity contribution in [2.45, 2.75) is 37.5 Å². The Labute approximate surface area is 195 Å². The molecule has 1 fully saturated rings. The second kappa shape index (κ2) is 10.6. The Bertz CT molecular complexity index is 951. The van der Waals surface area contributed by atoms with Gasteiger partial charge in [-0.3, -0.25) is 4.79 Å². The molecule has 3 rings (SSSR count). The number of carbonyl (C=O) groups excluding carboxylic acids is 2. The molecular formula is C24H26BrFO6. The van der Waals surface area contributed by atoms with E-state index in [2.05, 4.69) is 15.9 Å². The Hall–Kier alpha value is -2.29. The van der Waals surface area contributed by atoms with Crippen molar-refractivity contribution < 1.29 is 32.9 Å². The number of hydrogen-bond acceptors (Lipinski definition) is 6. The molecule has 0 radical (unpaired) electrons. The van der Waals surface area contributed by atoms with E-state index in [9.17, 15) is 9.59 Å². The Morgan fingerprint density at radius 2 is 1.78 bits per heavy atom. The zero-order valence-electron chi connectivity index (χ0n) is 18.2. The van der Waals surface area contributed by atoms with Gasteiger partial charge in [0.25, 0.3) is 0 Å². The average molecular weight is 509 g/mol. The number of benzene rings is 2. The summed E-state index contributed by atoms with van der Waals surface area (Å²) in [6.45, 7) is 5.21. The van der Waals surface area contributed by atoms with Crippen molar-refractivity contribution in [2.75, 3.05) is 19.8 Å². The Balaban J connectivity index is 1.99. The summed E-state index contributed by atoms with van der Waals surface area (Å²) in [5.74, 6) is -4.30. The zero-order valence-corrected chi connectivity index (χ0v) is 19.8. The summed E-state index contributed by atoms with van der Waals surface area (Å²) in [7, 11) is 0. The molecule has 0 bridgehead atoms. The van der Waals surface area contributed by atoms with Crippen LogP contribution in [0.4, 0.5) is 4.39 Å². The predicted octanol–water partition coefficient (Wildman–Crippen LogP) is 4.59. The molecule has 32 heavy (non-hydrogen) atoms. The van der Waals surface area contributed by atoms with Gasteiger partial charge < -0.3 is 18.9 Å². The van der Waals surface area contributed by atoms with Crippen LogP contribution in [0.15, 0.2) is 48.5 Å². The van der Waals surface area contributed by atoms with Crippen LogP contribution in [0, 0.1) is 11.7 Å². The van der Waals surface area contributed by atoms with Gasteiger partial charge in [0.15, 0.2) is 6.10 Å². The first-order chi connectivity index (χ1) is 15.3. The van der Waals surface area contributed by atoms with E-state index < -0.39 is 40.4 Å². The number of esters is 2. The van der Waals surface area contributed by atoms with Gasteiger partial charge in [0.1, 0.15) is 11.7 Å². The Kier molecular flexibility index (Phi) is 8.03. The van der Waals surface area contributed by atoms with Gasteiger partial charge in [-0.05, 0) is 32.4 Å². The van der Waals surface area contributed by atoms with Gasteiger partial charge in [0, 0.05) is 11.1 Å². The first kappa shape index (κ1) is 24.4. The molecule has 0 spiro atoms. The molecule has 8 heteroatoms. The van der Waals surface area contributed by atoms with Crippen LogP contribution < -0.4 is 0 Å². The minimum absolute atomic E-state index is 0.117. The molecule has 1 heterocycles. The quantitative estimate of drug-likeness (QED) is 0.402. The van der Waals surface area contributed by atoms with Crippen LogP contribution in [-0.4, -0.2) is 42.7 Å². The number of ether oxygens (including phenoxy) is 4. The van der Waals surface area contributed by atoms with E-state index in [1.807, 2.05) is 30.3 Å². The third kappa shape index (κ3) is 4.87. The van der Waals surface area contributed by atoms with Crippen LogP contribution in [0.3, 0.4) is 0 Å². The van der Waals surface area contributed by atoms with Crippen molar-refractivity contribution >= 4 is 27.9 Å². The summed E-state index contributed by atoms with van der Waals surface area (Å²) in [6, 6.07) is 13.8. The number of alkyl halides is 1. The predicted molar refractivity (Wildman–Crippen MR) is 119 cm³/mol. The van der Waals surface area contributed by atoms with Gasteiger partial charge in [-0.25, -0.2) is 9.18 Å². The molecule has 2 aromatic rings. The van der Waals surface area contributed by atoms with Gasteiger partial charge in [0.05, 0.1) is 24.6 Å². The van der Waals surface area contributed by atoms with E-state index in [0.717, 1.165) is 5.56 Å². The van der Waals surface area contributed by atoms with E-state index in [0.29, 0.717) is 11.1 Å². The molecule has 0 aliphatic carbocycles. The largest absolute Gasteiger partial charge is 0.466 e. The number of halogens is 2. The normalized spacial score (nSPS) is 23.9. The third-order valence-corrected chi connectivity index (χ3v) is 5.84. The summed E-state index contributed by atoms with van der Waals surface area (Å²) in [5, 5.41) is 0. The van der Waals surface area contributed by atoms with Crippen molar-refractivity contribution in [2.24, 2.45) is 5.92 Å². The summed E-state index contributed by atoms with van der Waals surface area (Å²) in [5.41, 5.74) is 1.53. The fourth-order valence-corrected chi connectivity index (χ4v) is 4.16. The molecule has 1 saturated heterocycles. The Morgan fingerprint density at radius 3 is 2.38 bits per heavy atom. The summed E-state index contributed by atoms with van der Waals surface area (Å²) < 4.78 is 37.4. The number of rotatable bonds is 7. The standard InChI is InChI=1S/C24H26BrFO6/c1-4-29-22(27)19-14-31-24(15(3)25,32-21(19)23(28)30-5-2)17-11-12-18(20(26)13-17)16-9-7-6-8-10-16/h6-13,15,19,21H,4-5,14H2,1-3H3/t15-,19+,21+,24?/m0/s1. The lowest BCUT2D eigenvalue weighted by Gasteiger charge is -2.44. The van der Waals surface area contributed by atoms with Crippen molar-refractivity contribution in [1.82, 2.24) is 0 Å². The van der Waals surface area contributed by atoms with Crippen LogP contribution in [0.2, 0.25) is 0 Å². The summed E-state index contributed by atoms with van der Waals surface area (Å²) in [4.78, 5) is 24.6. The molecule has 0 amide bonds. The van der Waals surface area contributed by atoms with Crippen LogP contribution >= 0.6 is 15.9 Å². The molecular weight excluding hydrogens is 483 g/mol. The highest BCUT2D eigenvalue weighted by Gasteiger charge is 2.53. The highest BCUT2D eigenvalue weighted by atomic mass is 79.9. The molecule has 0 saturated carbocycles. The average Bonchev–Trinajstić information content (AvgIpc) is 2.79. The summed E-state index contributed by atoms with van der Waals surface area (Å²) >= 11 is 3.48. The smallest absolute Gasteiger partial charge is 0.336 e. The first-order valence-electron chi connectivity index (χ1n) is 10.5. The topological polar surface area (TPSA) is 71.1 Å². The van der Waals surface area contributed by atoms with Crippen LogP contribution in [-0.2, 0) is 34.3 Å². The monoisotopic (exact) mass is 508 g/mol. The van der Waals surface area contributed by atoms with Gasteiger partial charge >= 0.3 is 11.9 Å². The lowest BCUT2D eigenvalue weighted by atomic mass is 9.94. The molecule has 2 aromatic carbocycles. The minimum atomic E-state index is -1.52. The van der Waals surface area contributed by atoms with Gasteiger partial charge in [-0.15, -0.1) is 0 Å². The molecule has 4 atom stereocenters. The maximum atomic E-state index is 15.1.